The van der Waals surface area contributed by atoms with Crippen molar-refractivity contribution in [1.82, 2.24) is 0 Å². The van der Waals surface area contributed by atoms with Crippen LogP contribution < -0.4 is 0 Å². The average Bonchev–Trinajstić information content (AvgIpc) is 2.88. The molecule has 0 heterocycles. The number of hydrogen-bond donors (Lipinski definition) is 1. The molecular weight excluding hydrogens is 304 g/mol. The molecule has 3 saturated carbocycles. The maximum Gasteiger partial charge on any atom is 0.0596 e. The van der Waals surface area contributed by atoms with Crippen molar-refractivity contribution in [2.75, 3.05) is 0 Å². The Morgan fingerprint density at radius 3 is 2.88 bits per heavy atom. The van der Waals surface area contributed by atoms with Crippen molar-refractivity contribution in [3.8, 4) is 0 Å². The quantitative estimate of drug-likeness (QED) is 0.606. The molecule has 4 aliphatic rings. The molecule has 0 saturated heterocycles. The number of allylic oxidation sites excluding steroid dienone is 5. The minimum absolute atomic E-state index is 0.0503. The van der Waals surface area contributed by atoms with Crippen LogP contribution in [0, 0.1) is 35.0 Å². The number of aliphatic hydroxyl groups excluding tert-OH is 1. The number of rotatable bonds is 2. The first kappa shape index (κ1) is 17.6. The van der Waals surface area contributed by atoms with Crippen LogP contribution >= 0.6 is 0 Å². The molecule has 0 radical (unpaired) electrons. The smallest absolute Gasteiger partial charge is 0.0596 e. The third-order valence-electron chi connectivity index (χ3n) is 8.37. The van der Waals surface area contributed by atoms with Gasteiger partial charge < -0.3 is 5.11 Å². The second kappa shape index (κ2) is 6.41. The molecule has 1 N–H and O–H groups in total. The zero-order chi connectivity index (χ0) is 17.8. The van der Waals surface area contributed by atoms with Gasteiger partial charge in [0.05, 0.1) is 6.10 Å². The van der Waals surface area contributed by atoms with Crippen LogP contribution in [-0.2, 0) is 0 Å². The molecule has 0 unspecified atom stereocenters. The lowest BCUT2D eigenvalue weighted by atomic mass is 9.49. The summed E-state index contributed by atoms with van der Waals surface area (Å²) < 4.78 is 0. The first-order valence-corrected chi connectivity index (χ1v) is 10.6. The molecule has 0 amide bonds. The second-order valence-electron chi connectivity index (χ2n) is 9.97. The van der Waals surface area contributed by atoms with Crippen molar-refractivity contribution in [3.63, 3.8) is 0 Å². The van der Waals surface area contributed by atoms with Crippen LogP contribution in [0.1, 0.15) is 72.1 Å². The highest BCUT2D eigenvalue weighted by molar-refractivity contribution is 5.32. The lowest BCUT2D eigenvalue weighted by molar-refractivity contribution is -0.0701. The molecule has 0 aromatic carbocycles. The van der Waals surface area contributed by atoms with Crippen molar-refractivity contribution in [1.29, 1.82) is 0 Å². The van der Waals surface area contributed by atoms with Gasteiger partial charge in [-0.05, 0) is 93.3 Å². The van der Waals surface area contributed by atoms with E-state index < -0.39 is 0 Å². The summed E-state index contributed by atoms with van der Waals surface area (Å²) >= 11 is 0. The number of aliphatic hydroxyl groups is 1. The van der Waals surface area contributed by atoms with E-state index in [1.807, 2.05) is 0 Å². The van der Waals surface area contributed by atoms with Gasteiger partial charge in [-0.1, -0.05) is 49.3 Å². The van der Waals surface area contributed by atoms with Crippen molar-refractivity contribution in [2.24, 2.45) is 35.0 Å². The van der Waals surface area contributed by atoms with E-state index in [1.54, 1.807) is 11.1 Å². The maximum atomic E-state index is 10.6. The van der Waals surface area contributed by atoms with Gasteiger partial charge in [0.15, 0.2) is 0 Å². The minimum atomic E-state index is -0.0503. The standard InChI is InChI=1S/C24H36O/c1-15(2)5-6-17-7-8-19-18(14-17)13-16(3)23-20(19)11-12-24(4)21(23)9-10-22(24)25/h6,14,16,19-23,25H,1,5,7-13H2,2-4H3/t16-,19+,20-,21+,22+,23-,24+/m1/s1. The summed E-state index contributed by atoms with van der Waals surface area (Å²) in [5.74, 6) is 4.09. The van der Waals surface area contributed by atoms with E-state index in [4.69, 9.17) is 0 Å². The summed E-state index contributed by atoms with van der Waals surface area (Å²) in [5, 5.41) is 10.6. The molecule has 1 heteroatoms. The highest BCUT2D eigenvalue weighted by Gasteiger charge is 2.57. The minimum Gasteiger partial charge on any atom is -0.393 e. The van der Waals surface area contributed by atoms with Crippen LogP contribution in [0.2, 0.25) is 0 Å². The number of fused-ring (bicyclic) bond motifs is 5. The largest absolute Gasteiger partial charge is 0.393 e. The summed E-state index contributed by atoms with van der Waals surface area (Å²) in [4.78, 5) is 0. The van der Waals surface area contributed by atoms with Gasteiger partial charge in [-0.15, -0.1) is 0 Å². The molecule has 0 bridgehead atoms. The summed E-state index contributed by atoms with van der Waals surface area (Å²) in [6.07, 6.45) is 14.7. The van der Waals surface area contributed by atoms with Gasteiger partial charge in [-0.3, -0.25) is 0 Å². The highest BCUT2D eigenvalue weighted by atomic mass is 16.3. The fourth-order valence-electron chi connectivity index (χ4n) is 7.08. The predicted molar refractivity (Wildman–Crippen MR) is 105 cm³/mol. The highest BCUT2D eigenvalue weighted by Crippen LogP contribution is 2.63. The first-order valence-electron chi connectivity index (χ1n) is 10.6. The van der Waals surface area contributed by atoms with E-state index in [1.165, 1.54) is 44.1 Å². The van der Waals surface area contributed by atoms with Gasteiger partial charge in [0.2, 0.25) is 0 Å². The predicted octanol–water partition coefficient (Wildman–Crippen LogP) is 6.06. The zero-order valence-corrected chi connectivity index (χ0v) is 16.4. The first-order chi connectivity index (χ1) is 11.9. The van der Waals surface area contributed by atoms with Gasteiger partial charge in [-0.25, -0.2) is 0 Å². The Kier molecular flexibility index (Phi) is 4.51. The Morgan fingerprint density at radius 2 is 2.12 bits per heavy atom. The van der Waals surface area contributed by atoms with E-state index >= 15 is 0 Å². The van der Waals surface area contributed by atoms with Gasteiger partial charge >= 0.3 is 0 Å². The second-order valence-corrected chi connectivity index (χ2v) is 9.97. The van der Waals surface area contributed by atoms with Crippen LogP contribution in [0.5, 0.6) is 0 Å². The average molecular weight is 341 g/mol. The zero-order valence-electron chi connectivity index (χ0n) is 16.4. The third kappa shape index (κ3) is 2.87. The Labute approximate surface area is 154 Å². The molecule has 25 heavy (non-hydrogen) atoms. The lowest BCUT2D eigenvalue weighted by Crippen LogP contribution is -2.50. The topological polar surface area (TPSA) is 20.2 Å². The van der Waals surface area contributed by atoms with Crippen LogP contribution in [0.4, 0.5) is 0 Å². The molecule has 1 nitrogen and oxygen atoms in total. The molecule has 138 valence electrons. The Bertz CT molecular complexity index is 612. The van der Waals surface area contributed by atoms with Gasteiger partial charge in [0.1, 0.15) is 0 Å². The molecule has 3 fully saturated rings. The molecule has 0 aromatic rings. The Morgan fingerprint density at radius 1 is 1.32 bits per heavy atom. The van der Waals surface area contributed by atoms with Crippen molar-refractivity contribution in [3.05, 3.63) is 35.5 Å². The summed E-state index contributed by atoms with van der Waals surface area (Å²) in [5.41, 5.74) is 4.76. The van der Waals surface area contributed by atoms with E-state index in [9.17, 15) is 5.11 Å². The van der Waals surface area contributed by atoms with Gasteiger partial charge in [-0.2, -0.15) is 0 Å². The van der Waals surface area contributed by atoms with Crippen LogP contribution in [0.15, 0.2) is 35.5 Å². The monoisotopic (exact) mass is 340 g/mol. The van der Waals surface area contributed by atoms with E-state index in [0.717, 1.165) is 42.4 Å². The lowest BCUT2D eigenvalue weighted by Gasteiger charge is -2.56. The molecule has 0 spiro atoms. The summed E-state index contributed by atoms with van der Waals surface area (Å²) in [7, 11) is 0. The molecule has 7 atom stereocenters. The van der Waals surface area contributed by atoms with Gasteiger partial charge in [0.25, 0.3) is 0 Å². The fraction of sp³-hybridized carbons (Fsp3) is 0.750. The van der Waals surface area contributed by atoms with Gasteiger partial charge in [0, 0.05) is 0 Å². The van der Waals surface area contributed by atoms with E-state index in [-0.39, 0.29) is 11.5 Å². The number of hydrogen-bond acceptors (Lipinski definition) is 1. The Hall–Kier alpha value is -0.820. The van der Waals surface area contributed by atoms with Crippen molar-refractivity contribution < 1.29 is 5.11 Å². The SMILES string of the molecule is C=C(C)CC=C1C=C2C[C@@H](C)[C@@H]3[C@H](CC[C@]4(C)[C@@H](O)CC[C@@H]34)[C@H]2CC1. The molecule has 0 aliphatic heterocycles. The van der Waals surface area contributed by atoms with E-state index in [0.29, 0.717) is 0 Å². The normalized spacial score (nSPS) is 47.7. The van der Waals surface area contributed by atoms with Crippen LogP contribution in [0.3, 0.4) is 0 Å². The van der Waals surface area contributed by atoms with Crippen LogP contribution in [0.25, 0.3) is 0 Å². The Balaban J connectivity index is 1.59. The molecule has 0 aromatic heterocycles. The summed E-state index contributed by atoms with van der Waals surface area (Å²) in [6, 6.07) is 0. The molecule has 4 aliphatic carbocycles. The molecular formula is C24H36O. The van der Waals surface area contributed by atoms with Crippen molar-refractivity contribution >= 4 is 0 Å². The third-order valence-corrected chi connectivity index (χ3v) is 8.37. The maximum absolute atomic E-state index is 10.6. The van der Waals surface area contributed by atoms with Crippen molar-refractivity contribution in [2.45, 2.75) is 78.2 Å². The van der Waals surface area contributed by atoms with E-state index in [2.05, 4.69) is 39.5 Å². The van der Waals surface area contributed by atoms with Crippen LogP contribution in [-0.4, -0.2) is 11.2 Å². The fourth-order valence-corrected chi connectivity index (χ4v) is 7.08. The molecule has 4 rings (SSSR count). The summed E-state index contributed by atoms with van der Waals surface area (Å²) in [6.45, 7) is 11.1.